The van der Waals surface area contributed by atoms with Gasteiger partial charge >= 0.3 is 0 Å². The Morgan fingerprint density at radius 3 is 2.76 bits per heavy atom. The van der Waals surface area contributed by atoms with E-state index < -0.39 is 0 Å². The molecule has 0 aliphatic carbocycles. The second kappa shape index (κ2) is 6.72. The number of carbonyl (C=O) groups excluding carboxylic acids is 1. The molecule has 0 atom stereocenters. The SMILES string of the molecule is CCCc1cc(C(=O)Nc2ccc(Br)cc2C)cc(N)n1. The molecule has 21 heavy (non-hydrogen) atoms. The molecule has 1 aromatic heterocycles. The number of hydrogen-bond donors (Lipinski definition) is 2. The number of amides is 1. The van der Waals surface area contributed by atoms with Crippen molar-refractivity contribution in [2.45, 2.75) is 26.7 Å². The first kappa shape index (κ1) is 15.5. The van der Waals surface area contributed by atoms with Crippen LogP contribution in [-0.2, 0) is 6.42 Å². The molecule has 1 aromatic carbocycles. The van der Waals surface area contributed by atoms with E-state index >= 15 is 0 Å². The van der Waals surface area contributed by atoms with Gasteiger partial charge in [0.1, 0.15) is 5.82 Å². The maximum Gasteiger partial charge on any atom is 0.255 e. The Balaban J connectivity index is 2.23. The number of nitrogens with one attached hydrogen (secondary N) is 1. The molecule has 0 saturated heterocycles. The summed E-state index contributed by atoms with van der Waals surface area (Å²) in [5, 5.41) is 2.91. The summed E-state index contributed by atoms with van der Waals surface area (Å²) in [6.45, 7) is 4.01. The van der Waals surface area contributed by atoms with Crippen molar-refractivity contribution in [3.05, 3.63) is 51.6 Å². The first-order valence-electron chi connectivity index (χ1n) is 6.83. The minimum absolute atomic E-state index is 0.174. The average molecular weight is 348 g/mol. The summed E-state index contributed by atoms with van der Waals surface area (Å²) in [4.78, 5) is 16.6. The van der Waals surface area contributed by atoms with Gasteiger partial charge in [0, 0.05) is 21.4 Å². The van der Waals surface area contributed by atoms with Gasteiger partial charge in [0.05, 0.1) is 0 Å². The molecular weight excluding hydrogens is 330 g/mol. The number of carbonyl (C=O) groups is 1. The van der Waals surface area contributed by atoms with Crippen molar-refractivity contribution in [1.29, 1.82) is 0 Å². The molecule has 2 rings (SSSR count). The van der Waals surface area contributed by atoms with E-state index in [1.807, 2.05) is 25.1 Å². The number of aryl methyl sites for hydroxylation is 2. The molecule has 0 bridgehead atoms. The number of aromatic nitrogens is 1. The lowest BCUT2D eigenvalue weighted by molar-refractivity contribution is 0.102. The second-order valence-corrected chi connectivity index (χ2v) is 5.85. The highest BCUT2D eigenvalue weighted by Gasteiger charge is 2.10. The quantitative estimate of drug-likeness (QED) is 0.879. The zero-order valence-electron chi connectivity index (χ0n) is 12.1. The lowest BCUT2D eigenvalue weighted by Crippen LogP contribution is -2.14. The van der Waals surface area contributed by atoms with E-state index in [4.69, 9.17) is 5.73 Å². The number of nitrogens with zero attached hydrogens (tertiary/aromatic N) is 1. The van der Waals surface area contributed by atoms with Crippen molar-refractivity contribution in [2.75, 3.05) is 11.1 Å². The number of pyridine rings is 1. The Morgan fingerprint density at radius 1 is 1.33 bits per heavy atom. The lowest BCUT2D eigenvalue weighted by Gasteiger charge is -2.10. The van der Waals surface area contributed by atoms with Gasteiger partial charge in [0.25, 0.3) is 5.91 Å². The third-order valence-corrected chi connectivity index (χ3v) is 3.60. The molecule has 0 unspecified atom stereocenters. The maximum absolute atomic E-state index is 12.4. The molecule has 3 N–H and O–H groups in total. The molecule has 2 aromatic rings. The van der Waals surface area contributed by atoms with Gasteiger partial charge in [-0.3, -0.25) is 4.79 Å². The van der Waals surface area contributed by atoms with Crippen molar-refractivity contribution in [2.24, 2.45) is 0 Å². The van der Waals surface area contributed by atoms with E-state index in [1.165, 1.54) is 0 Å². The molecule has 110 valence electrons. The number of rotatable bonds is 4. The lowest BCUT2D eigenvalue weighted by atomic mass is 10.1. The Kier molecular flexibility index (Phi) is 4.96. The molecule has 5 heteroatoms. The van der Waals surface area contributed by atoms with Gasteiger partial charge in [0.2, 0.25) is 0 Å². The topological polar surface area (TPSA) is 68.0 Å². The Labute approximate surface area is 132 Å². The summed E-state index contributed by atoms with van der Waals surface area (Å²) in [6, 6.07) is 9.12. The number of nitrogens with two attached hydrogens (primary N) is 1. The molecule has 1 amide bonds. The van der Waals surface area contributed by atoms with Crippen LogP contribution in [0.2, 0.25) is 0 Å². The summed E-state index contributed by atoms with van der Waals surface area (Å²) in [7, 11) is 0. The normalized spacial score (nSPS) is 10.4. The molecule has 0 radical (unpaired) electrons. The van der Waals surface area contributed by atoms with E-state index in [2.05, 4.69) is 33.2 Å². The van der Waals surface area contributed by atoms with Crippen LogP contribution in [0.4, 0.5) is 11.5 Å². The largest absolute Gasteiger partial charge is 0.384 e. The van der Waals surface area contributed by atoms with Crippen LogP contribution in [0.15, 0.2) is 34.8 Å². The predicted molar refractivity (Wildman–Crippen MR) is 89.5 cm³/mol. The van der Waals surface area contributed by atoms with E-state index in [9.17, 15) is 4.79 Å². The highest BCUT2D eigenvalue weighted by atomic mass is 79.9. The first-order chi connectivity index (χ1) is 9.99. The first-order valence-corrected chi connectivity index (χ1v) is 7.63. The summed E-state index contributed by atoms with van der Waals surface area (Å²) in [5.74, 6) is 0.200. The van der Waals surface area contributed by atoms with Gasteiger partial charge in [-0.05, 0) is 49.2 Å². The number of nitrogen functional groups attached to an aromatic ring is 1. The highest BCUT2D eigenvalue weighted by Crippen LogP contribution is 2.21. The van der Waals surface area contributed by atoms with Crippen LogP contribution in [0.5, 0.6) is 0 Å². The maximum atomic E-state index is 12.4. The van der Waals surface area contributed by atoms with Crippen molar-refractivity contribution in [3.63, 3.8) is 0 Å². The van der Waals surface area contributed by atoms with Crippen molar-refractivity contribution < 1.29 is 4.79 Å². The summed E-state index contributed by atoms with van der Waals surface area (Å²) < 4.78 is 0.983. The number of hydrogen-bond acceptors (Lipinski definition) is 3. The van der Waals surface area contributed by atoms with Gasteiger partial charge < -0.3 is 11.1 Å². The molecular formula is C16H18BrN3O. The Hall–Kier alpha value is -1.88. The fourth-order valence-electron chi connectivity index (χ4n) is 2.09. The number of halogens is 1. The Bertz CT molecular complexity index is 671. The summed E-state index contributed by atoms with van der Waals surface area (Å²) in [6.07, 6.45) is 1.77. The van der Waals surface area contributed by atoms with Gasteiger partial charge in [-0.1, -0.05) is 29.3 Å². The predicted octanol–water partition coefficient (Wildman–Crippen LogP) is 3.94. The summed E-state index contributed by atoms with van der Waals surface area (Å²) in [5.41, 5.74) is 8.93. The zero-order chi connectivity index (χ0) is 15.4. The smallest absolute Gasteiger partial charge is 0.255 e. The minimum atomic E-state index is -0.174. The fourth-order valence-corrected chi connectivity index (χ4v) is 2.56. The van der Waals surface area contributed by atoms with Gasteiger partial charge in [-0.2, -0.15) is 0 Å². The number of anilines is 2. The average Bonchev–Trinajstić information content (AvgIpc) is 2.41. The molecule has 0 fully saturated rings. The van der Waals surface area contributed by atoms with Crippen molar-refractivity contribution in [1.82, 2.24) is 4.98 Å². The monoisotopic (exact) mass is 347 g/mol. The van der Waals surface area contributed by atoms with Crippen LogP contribution in [0.25, 0.3) is 0 Å². The van der Waals surface area contributed by atoms with Gasteiger partial charge in [-0.25, -0.2) is 4.98 Å². The second-order valence-electron chi connectivity index (χ2n) is 4.94. The molecule has 0 aliphatic heterocycles. The molecule has 0 spiro atoms. The third kappa shape index (κ3) is 4.04. The van der Waals surface area contributed by atoms with Crippen LogP contribution < -0.4 is 11.1 Å². The summed E-state index contributed by atoms with van der Waals surface area (Å²) >= 11 is 3.41. The zero-order valence-corrected chi connectivity index (χ0v) is 13.7. The van der Waals surface area contributed by atoms with Crippen molar-refractivity contribution >= 4 is 33.3 Å². The van der Waals surface area contributed by atoms with Gasteiger partial charge in [-0.15, -0.1) is 0 Å². The molecule has 4 nitrogen and oxygen atoms in total. The third-order valence-electron chi connectivity index (χ3n) is 3.10. The Morgan fingerprint density at radius 2 is 2.10 bits per heavy atom. The van der Waals surface area contributed by atoms with Crippen LogP contribution in [0.1, 0.15) is 35.0 Å². The van der Waals surface area contributed by atoms with Crippen LogP contribution in [0.3, 0.4) is 0 Å². The molecule has 0 aliphatic rings. The number of benzene rings is 1. The standard InChI is InChI=1S/C16H18BrN3O/c1-3-4-13-8-11(9-15(18)19-13)16(21)20-14-6-5-12(17)7-10(14)2/h5-9H,3-4H2,1-2H3,(H2,18,19)(H,20,21). The van der Waals surface area contributed by atoms with E-state index in [0.717, 1.165) is 34.3 Å². The minimum Gasteiger partial charge on any atom is -0.384 e. The van der Waals surface area contributed by atoms with Gasteiger partial charge in [0.15, 0.2) is 0 Å². The van der Waals surface area contributed by atoms with E-state index in [0.29, 0.717) is 11.4 Å². The van der Waals surface area contributed by atoms with Crippen LogP contribution >= 0.6 is 15.9 Å². The fraction of sp³-hybridized carbons (Fsp3) is 0.250. The molecule has 1 heterocycles. The molecule has 0 saturated carbocycles. The van der Waals surface area contributed by atoms with Crippen LogP contribution in [-0.4, -0.2) is 10.9 Å². The van der Waals surface area contributed by atoms with Crippen LogP contribution in [0, 0.1) is 6.92 Å². The highest BCUT2D eigenvalue weighted by molar-refractivity contribution is 9.10. The van der Waals surface area contributed by atoms with Crippen molar-refractivity contribution in [3.8, 4) is 0 Å². The van der Waals surface area contributed by atoms with E-state index in [1.54, 1.807) is 12.1 Å². The van der Waals surface area contributed by atoms with E-state index in [-0.39, 0.29) is 5.91 Å².